The van der Waals surface area contributed by atoms with Crippen LogP contribution in [0.25, 0.3) is 0 Å². The van der Waals surface area contributed by atoms with Crippen molar-refractivity contribution in [2.45, 2.75) is 56.9 Å². The fourth-order valence-corrected chi connectivity index (χ4v) is 6.40. The third-order valence-corrected chi connectivity index (χ3v) is 8.43. The zero-order valence-electron chi connectivity index (χ0n) is 23.7. The van der Waals surface area contributed by atoms with E-state index in [-0.39, 0.29) is 0 Å². The van der Waals surface area contributed by atoms with Gasteiger partial charge in [0.25, 0.3) is 0 Å². The lowest BCUT2D eigenvalue weighted by molar-refractivity contribution is 0.533. The number of hydrogen-bond acceptors (Lipinski definition) is 1. The number of rotatable bonds is 11. The molecule has 4 aliphatic carbocycles. The molecule has 1 nitrogen and oxygen atoms in total. The van der Waals surface area contributed by atoms with Gasteiger partial charge in [-0.15, -0.1) is 6.58 Å². The maximum absolute atomic E-state index is 3.90. The summed E-state index contributed by atoms with van der Waals surface area (Å²) in [6, 6.07) is 9.87. The summed E-state index contributed by atoms with van der Waals surface area (Å²) in [6.07, 6.45) is 45.7. The van der Waals surface area contributed by atoms with Gasteiger partial charge in [-0.1, -0.05) is 127 Å². The van der Waals surface area contributed by atoms with E-state index in [1.165, 1.54) is 28.1 Å². The van der Waals surface area contributed by atoms with Gasteiger partial charge in [0.15, 0.2) is 0 Å². The van der Waals surface area contributed by atoms with Crippen LogP contribution in [0.1, 0.15) is 56.4 Å². The number of nitrogens with zero attached hydrogens (tertiary/aromatic N) is 1. The van der Waals surface area contributed by atoms with Gasteiger partial charge in [-0.3, -0.25) is 0 Å². The van der Waals surface area contributed by atoms with Crippen molar-refractivity contribution < 1.29 is 0 Å². The quantitative estimate of drug-likeness (QED) is 0.205. The molecule has 0 radical (unpaired) electrons. The molecule has 4 unspecified atom stereocenters. The van der Waals surface area contributed by atoms with Crippen molar-refractivity contribution in [2.75, 3.05) is 4.90 Å². The van der Waals surface area contributed by atoms with Crippen LogP contribution in [-0.4, -0.2) is 6.04 Å². The van der Waals surface area contributed by atoms with Gasteiger partial charge in [0.2, 0.25) is 0 Å². The van der Waals surface area contributed by atoms with Crippen LogP contribution >= 0.6 is 0 Å². The second-order valence-corrected chi connectivity index (χ2v) is 11.2. The lowest BCUT2D eigenvalue weighted by atomic mass is 9.73. The van der Waals surface area contributed by atoms with E-state index in [9.17, 15) is 0 Å². The van der Waals surface area contributed by atoms with Crippen LogP contribution < -0.4 is 4.90 Å². The summed E-state index contributed by atoms with van der Waals surface area (Å²) in [5.74, 6) is 1.22. The minimum atomic E-state index is 0.355. The van der Waals surface area contributed by atoms with Crippen LogP contribution in [0.4, 0.5) is 5.69 Å². The smallest absolute Gasteiger partial charge is 0.0556 e. The summed E-state index contributed by atoms with van der Waals surface area (Å²) in [6.45, 7) is 7.77. The number of anilines is 1. The Kier molecular flexibility index (Phi) is 9.69. The molecule has 0 fully saturated rings. The molecule has 1 aromatic carbocycles. The van der Waals surface area contributed by atoms with Crippen LogP contribution in [0.15, 0.2) is 158 Å². The van der Waals surface area contributed by atoms with Crippen molar-refractivity contribution in [3.05, 3.63) is 163 Å². The van der Waals surface area contributed by atoms with Crippen LogP contribution in [0.3, 0.4) is 0 Å². The Balaban J connectivity index is 1.45. The van der Waals surface area contributed by atoms with Gasteiger partial charge < -0.3 is 4.90 Å². The molecule has 5 rings (SSSR count). The zero-order valence-corrected chi connectivity index (χ0v) is 23.7. The molecule has 4 atom stereocenters. The summed E-state index contributed by atoms with van der Waals surface area (Å²) in [5, 5.41) is 0. The molecule has 0 aromatic heterocycles. The summed E-state index contributed by atoms with van der Waals surface area (Å²) in [4.78, 5) is 2.55. The second-order valence-electron chi connectivity index (χ2n) is 11.2. The first kappa shape index (κ1) is 27.7. The predicted molar refractivity (Wildman–Crippen MR) is 174 cm³/mol. The highest BCUT2D eigenvalue weighted by Crippen LogP contribution is 2.42. The molecule has 0 bridgehead atoms. The molecule has 0 amide bonds. The van der Waals surface area contributed by atoms with Crippen LogP contribution in [-0.2, 0) is 0 Å². The number of hydrogen-bond donors (Lipinski definition) is 0. The predicted octanol–water partition coefficient (Wildman–Crippen LogP) is 10.4. The largest absolute Gasteiger partial charge is 0.338 e. The summed E-state index contributed by atoms with van der Waals surface area (Å²) in [7, 11) is 0. The standard InChI is InChI=1S/C39H43N/c1-3-5-14-31-22-24-33(25-23-31)39(35-17-13-16-32(30-35)15-6-4-2)34-26-28-38(29-27-34)40(36-18-9-7-10-19-36)37-20-11-8-12-21-37/h3-4,6-11,13,15-18,20,22-24,26-29,32-33,36,39H,1-2,5,12,14,19,21,25,30H2. The van der Waals surface area contributed by atoms with E-state index in [1.54, 1.807) is 0 Å². The van der Waals surface area contributed by atoms with Crippen LogP contribution in [0.5, 0.6) is 0 Å². The van der Waals surface area contributed by atoms with Crippen LogP contribution in [0.2, 0.25) is 0 Å². The zero-order chi connectivity index (χ0) is 27.6. The van der Waals surface area contributed by atoms with Crippen molar-refractivity contribution in [2.24, 2.45) is 11.8 Å². The van der Waals surface area contributed by atoms with E-state index >= 15 is 0 Å². The summed E-state index contributed by atoms with van der Waals surface area (Å²) < 4.78 is 0. The van der Waals surface area contributed by atoms with Crippen LogP contribution in [0, 0.1) is 11.8 Å². The molecular formula is C39H43N. The molecule has 40 heavy (non-hydrogen) atoms. The molecule has 0 spiro atoms. The fourth-order valence-electron chi connectivity index (χ4n) is 6.40. The summed E-state index contributed by atoms with van der Waals surface area (Å²) in [5.41, 5.74) is 7.05. The highest BCUT2D eigenvalue weighted by atomic mass is 15.2. The van der Waals surface area contributed by atoms with Gasteiger partial charge in [-0.2, -0.15) is 0 Å². The van der Waals surface area contributed by atoms with Crippen molar-refractivity contribution in [3.63, 3.8) is 0 Å². The first-order chi connectivity index (χ1) is 19.8. The van der Waals surface area contributed by atoms with E-state index in [2.05, 4.69) is 133 Å². The Hall–Kier alpha value is -3.84. The molecule has 1 aromatic rings. The molecule has 0 N–H and O–H groups in total. The lowest BCUT2D eigenvalue weighted by Gasteiger charge is -2.36. The van der Waals surface area contributed by atoms with E-state index in [4.69, 9.17) is 0 Å². The van der Waals surface area contributed by atoms with Gasteiger partial charge >= 0.3 is 0 Å². The highest BCUT2D eigenvalue weighted by molar-refractivity contribution is 5.57. The summed E-state index contributed by atoms with van der Waals surface area (Å²) >= 11 is 0. The minimum absolute atomic E-state index is 0.355. The van der Waals surface area contributed by atoms with Gasteiger partial charge in [0.05, 0.1) is 6.04 Å². The molecule has 204 valence electrons. The highest BCUT2D eigenvalue weighted by Gasteiger charge is 2.28. The SMILES string of the molecule is C=CC=CC1C=CC=C(C(c2ccc(N(C3=CC=CCC3)C3C=CC=CC3)cc2)C2C=CC(CCC=C)=CC2)C1. The lowest BCUT2D eigenvalue weighted by Crippen LogP contribution is -2.34. The first-order valence-electron chi connectivity index (χ1n) is 15.0. The van der Waals surface area contributed by atoms with E-state index in [1.807, 2.05) is 12.2 Å². The molecular weight excluding hydrogens is 482 g/mol. The van der Waals surface area contributed by atoms with Gasteiger partial charge in [0.1, 0.15) is 0 Å². The molecule has 0 heterocycles. The normalized spacial score (nSPS) is 24.4. The third-order valence-electron chi connectivity index (χ3n) is 8.43. The molecule has 4 aliphatic rings. The average Bonchev–Trinajstić information content (AvgIpc) is 3.02. The molecule has 0 saturated heterocycles. The second kappa shape index (κ2) is 14.0. The van der Waals surface area contributed by atoms with Gasteiger partial charge in [0, 0.05) is 17.3 Å². The Bertz CT molecular complexity index is 1320. The van der Waals surface area contributed by atoms with Crippen molar-refractivity contribution in [3.8, 4) is 0 Å². The maximum Gasteiger partial charge on any atom is 0.0556 e. The molecule has 0 aliphatic heterocycles. The number of allylic oxidation sites excluding steroid dienone is 18. The topological polar surface area (TPSA) is 3.24 Å². The van der Waals surface area contributed by atoms with Crippen molar-refractivity contribution in [1.29, 1.82) is 0 Å². The molecule has 1 heteroatoms. The Morgan fingerprint density at radius 2 is 1.82 bits per heavy atom. The van der Waals surface area contributed by atoms with E-state index < -0.39 is 0 Å². The number of benzene rings is 1. The van der Waals surface area contributed by atoms with Crippen molar-refractivity contribution >= 4 is 5.69 Å². The Morgan fingerprint density at radius 3 is 2.52 bits per heavy atom. The van der Waals surface area contributed by atoms with Gasteiger partial charge in [-0.25, -0.2) is 0 Å². The minimum Gasteiger partial charge on any atom is -0.338 e. The Morgan fingerprint density at radius 1 is 0.925 bits per heavy atom. The van der Waals surface area contributed by atoms with E-state index in [0.717, 1.165) is 44.9 Å². The fraction of sp³-hybridized carbons (Fsp3) is 0.282. The monoisotopic (exact) mass is 525 g/mol. The average molecular weight is 526 g/mol. The Labute approximate surface area is 242 Å². The van der Waals surface area contributed by atoms with E-state index in [0.29, 0.717) is 23.8 Å². The van der Waals surface area contributed by atoms with Crippen molar-refractivity contribution in [1.82, 2.24) is 0 Å². The molecule has 0 saturated carbocycles. The van der Waals surface area contributed by atoms with Gasteiger partial charge in [-0.05, 0) is 80.6 Å². The maximum atomic E-state index is 3.90. The third kappa shape index (κ3) is 6.83. The first-order valence-corrected chi connectivity index (χ1v) is 15.0.